The summed E-state index contributed by atoms with van der Waals surface area (Å²) in [7, 11) is 0. The molecule has 50 heavy (non-hydrogen) atoms. The third kappa shape index (κ3) is 39.2. The van der Waals surface area contributed by atoms with E-state index in [1.54, 1.807) is 0 Å². The van der Waals surface area contributed by atoms with E-state index in [1.165, 1.54) is 141 Å². The first-order valence-corrected chi connectivity index (χ1v) is 21.9. The zero-order valence-electron chi connectivity index (χ0n) is 33.7. The van der Waals surface area contributed by atoms with Crippen LogP contribution in [0.4, 0.5) is 0 Å². The van der Waals surface area contributed by atoms with Crippen molar-refractivity contribution in [3.05, 3.63) is 24.3 Å². The van der Waals surface area contributed by atoms with E-state index in [-0.39, 0.29) is 25.2 Å². The second-order valence-electron chi connectivity index (χ2n) is 14.6. The van der Waals surface area contributed by atoms with Crippen LogP contribution in [0.15, 0.2) is 24.3 Å². The molecule has 0 rings (SSSR count). The van der Waals surface area contributed by atoms with Crippen molar-refractivity contribution in [1.29, 1.82) is 0 Å². The van der Waals surface area contributed by atoms with Gasteiger partial charge in [0.15, 0.2) is 6.10 Å². The van der Waals surface area contributed by atoms with Gasteiger partial charge >= 0.3 is 11.9 Å². The number of carbonyl (C=O) groups is 2. The first-order chi connectivity index (χ1) is 24.6. The molecular formula is C45H84O5. The smallest absolute Gasteiger partial charge is 0.306 e. The van der Waals surface area contributed by atoms with E-state index in [4.69, 9.17) is 14.2 Å². The molecule has 0 radical (unpaired) electrons. The second-order valence-corrected chi connectivity index (χ2v) is 14.6. The van der Waals surface area contributed by atoms with Gasteiger partial charge in [0.2, 0.25) is 0 Å². The number of esters is 2. The number of carbonyl (C=O) groups excluding carboxylic acids is 2. The van der Waals surface area contributed by atoms with E-state index < -0.39 is 6.10 Å². The Kier molecular flexibility index (Phi) is 40.4. The average molecular weight is 705 g/mol. The number of rotatable bonds is 40. The first-order valence-electron chi connectivity index (χ1n) is 21.9. The molecule has 0 aromatic carbocycles. The Morgan fingerprint density at radius 2 is 0.800 bits per heavy atom. The fourth-order valence-electron chi connectivity index (χ4n) is 6.12. The molecule has 1 unspecified atom stereocenters. The van der Waals surface area contributed by atoms with Gasteiger partial charge in [-0.3, -0.25) is 9.59 Å². The number of unbranched alkanes of at least 4 members (excludes halogenated alkanes) is 25. The summed E-state index contributed by atoms with van der Waals surface area (Å²) < 4.78 is 17.3. The second kappa shape index (κ2) is 41.8. The highest BCUT2D eigenvalue weighted by Gasteiger charge is 2.17. The lowest BCUT2D eigenvalue weighted by Gasteiger charge is -2.18. The average Bonchev–Trinajstić information content (AvgIpc) is 3.11. The minimum absolute atomic E-state index is 0.0834. The van der Waals surface area contributed by atoms with Crippen molar-refractivity contribution in [2.24, 2.45) is 0 Å². The molecule has 5 nitrogen and oxygen atoms in total. The van der Waals surface area contributed by atoms with Gasteiger partial charge in [0, 0.05) is 19.4 Å². The van der Waals surface area contributed by atoms with Crippen LogP contribution in [0, 0.1) is 0 Å². The van der Waals surface area contributed by atoms with Crippen LogP contribution in [0.25, 0.3) is 0 Å². The fraction of sp³-hybridized carbons (Fsp3) is 0.867. The first kappa shape index (κ1) is 48.4. The number of allylic oxidation sites excluding steroid dienone is 4. The monoisotopic (exact) mass is 705 g/mol. The Morgan fingerprint density at radius 1 is 0.420 bits per heavy atom. The summed E-state index contributed by atoms with van der Waals surface area (Å²) in [5.74, 6) is -0.405. The van der Waals surface area contributed by atoms with Gasteiger partial charge in [0.25, 0.3) is 0 Å². The maximum Gasteiger partial charge on any atom is 0.306 e. The molecule has 0 aliphatic rings. The lowest BCUT2D eigenvalue weighted by atomic mass is 10.1. The summed E-state index contributed by atoms with van der Waals surface area (Å²) in [5, 5.41) is 0. The van der Waals surface area contributed by atoms with Crippen LogP contribution < -0.4 is 0 Å². The molecule has 1 atom stereocenters. The molecule has 0 fully saturated rings. The molecule has 5 heteroatoms. The maximum absolute atomic E-state index is 12.7. The molecule has 294 valence electrons. The lowest BCUT2D eigenvalue weighted by molar-refractivity contribution is -0.163. The highest BCUT2D eigenvalue weighted by Crippen LogP contribution is 2.14. The van der Waals surface area contributed by atoms with E-state index >= 15 is 0 Å². The molecule has 0 N–H and O–H groups in total. The maximum atomic E-state index is 12.7. The van der Waals surface area contributed by atoms with Crippen molar-refractivity contribution in [3.8, 4) is 0 Å². The highest BCUT2D eigenvalue weighted by atomic mass is 16.6. The molecule has 0 aromatic rings. The number of ether oxygens (including phenoxy) is 3. The molecule has 0 aliphatic carbocycles. The van der Waals surface area contributed by atoms with Crippen molar-refractivity contribution in [2.45, 2.75) is 232 Å². The van der Waals surface area contributed by atoms with Gasteiger partial charge in [-0.15, -0.1) is 0 Å². The molecule has 0 aliphatic heterocycles. The predicted octanol–water partition coefficient (Wildman–Crippen LogP) is 14.1. The standard InChI is InChI=1S/C45H84O5/c1-4-7-10-13-16-19-22-25-28-31-34-37-40-48-41-43(50-45(47)39-36-33-30-27-24-21-18-15-12-9-6-3)42-49-44(46)38-35-32-29-26-23-20-17-14-11-8-5-2/h13-14,16-17,43H,4-12,15,18-42H2,1-3H3/b16-13-,17-14-. The van der Waals surface area contributed by atoms with Crippen molar-refractivity contribution in [1.82, 2.24) is 0 Å². The number of hydrogen-bond donors (Lipinski definition) is 0. The molecule has 0 saturated heterocycles. The van der Waals surface area contributed by atoms with Crippen LogP contribution in [0.5, 0.6) is 0 Å². The molecule has 0 aromatic heterocycles. The van der Waals surface area contributed by atoms with Gasteiger partial charge in [-0.1, -0.05) is 180 Å². The van der Waals surface area contributed by atoms with Gasteiger partial charge in [0.1, 0.15) is 6.61 Å². The van der Waals surface area contributed by atoms with Crippen molar-refractivity contribution < 1.29 is 23.8 Å². The lowest BCUT2D eigenvalue weighted by Crippen LogP contribution is -2.30. The zero-order chi connectivity index (χ0) is 36.4. The van der Waals surface area contributed by atoms with E-state index in [9.17, 15) is 9.59 Å². The Hall–Kier alpha value is -1.62. The van der Waals surface area contributed by atoms with Crippen LogP contribution in [-0.2, 0) is 23.8 Å². The molecule has 0 heterocycles. The summed E-state index contributed by atoms with van der Waals surface area (Å²) >= 11 is 0. The Bertz CT molecular complexity index is 761. The van der Waals surface area contributed by atoms with Crippen LogP contribution >= 0.6 is 0 Å². The van der Waals surface area contributed by atoms with E-state index in [1.807, 2.05) is 0 Å². The summed E-state index contributed by atoms with van der Waals surface area (Å²) in [6.07, 6.45) is 45.9. The van der Waals surface area contributed by atoms with E-state index in [0.29, 0.717) is 19.4 Å². The van der Waals surface area contributed by atoms with Crippen molar-refractivity contribution in [2.75, 3.05) is 19.8 Å². The molecule has 0 spiro atoms. The summed E-state index contributed by atoms with van der Waals surface area (Å²) in [4.78, 5) is 25.1. The van der Waals surface area contributed by atoms with Crippen LogP contribution in [-0.4, -0.2) is 37.9 Å². The third-order valence-electron chi connectivity index (χ3n) is 9.46. The Labute approximate surface area is 311 Å². The normalized spacial score (nSPS) is 12.3. The van der Waals surface area contributed by atoms with Gasteiger partial charge < -0.3 is 14.2 Å². The van der Waals surface area contributed by atoms with Crippen molar-refractivity contribution >= 4 is 11.9 Å². The van der Waals surface area contributed by atoms with Crippen LogP contribution in [0.1, 0.15) is 226 Å². The van der Waals surface area contributed by atoms with Gasteiger partial charge in [-0.25, -0.2) is 0 Å². The third-order valence-corrected chi connectivity index (χ3v) is 9.46. The molecular weight excluding hydrogens is 620 g/mol. The predicted molar refractivity (Wildman–Crippen MR) is 215 cm³/mol. The minimum Gasteiger partial charge on any atom is -0.462 e. The van der Waals surface area contributed by atoms with Crippen LogP contribution in [0.2, 0.25) is 0 Å². The SMILES string of the molecule is CCCC/C=C\CCCCCCCCOCC(COC(=O)CCCCCCC/C=C\CCCC)OC(=O)CCCCCCCCCCCCC. The Balaban J connectivity index is 4.24. The Morgan fingerprint density at radius 3 is 1.28 bits per heavy atom. The quantitative estimate of drug-likeness (QED) is 0.0361. The van der Waals surface area contributed by atoms with Crippen molar-refractivity contribution in [3.63, 3.8) is 0 Å². The zero-order valence-corrected chi connectivity index (χ0v) is 33.7. The molecule has 0 saturated carbocycles. The summed E-state index contributed by atoms with van der Waals surface area (Å²) in [6.45, 7) is 7.75. The molecule has 0 bridgehead atoms. The minimum atomic E-state index is -0.532. The van der Waals surface area contributed by atoms with Gasteiger partial charge in [0.05, 0.1) is 6.61 Å². The van der Waals surface area contributed by atoms with E-state index in [2.05, 4.69) is 45.1 Å². The fourth-order valence-corrected chi connectivity index (χ4v) is 6.12. The van der Waals surface area contributed by atoms with Gasteiger partial charge in [-0.2, -0.15) is 0 Å². The van der Waals surface area contributed by atoms with E-state index in [0.717, 1.165) is 51.4 Å². The topological polar surface area (TPSA) is 61.8 Å². The van der Waals surface area contributed by atoms with Crippen LogP contribution in [0.3, 0.4) is 0 Å². The molecule has 0 amide bonds. The van der Waals surface area contributed by atoms with Gasteiger partial charge in [-0.05, 0) is 57.8 Å². The highest BCUT2D eigenvalue weighted by molar-refractivity contribution is 5.70. The largest absolute Gasteiger partial charge is 0.462 e. The summed E-state index contributed by atoms with van der Waals surface area (Å²) in [5.41, 5.74) is 0. The number of hydrogen-bond acceptors (Lipinski definition) is 5. The summed E-state index contributed by atoms with van der Waals surface area (Å²) in [6, 6.07) is 0.